The monoisotopic (exact) mass is 409 g/mol. The van der Waals surface area contributed by atoms with E-state index >= 15 is 0 Å². The highest BCUT2D eigenvalue weighted by Crippen LogP contribution is 2.23. The second-order valence-electron chi connectivity index (χ2n) is 6.95. The number of aromatic nitrogens is 1. The Hall–Kier alpha value is -3.32. The van der Waals surface area contributed by atoms with Crippen LogP contribution in [-0.2, 0) is 16.1 Å². The van der Waals surface area contributed by atoms with E-state index in [1.807, 2.05) is 24.3 Å². The molecule has 0 aliphatic carbocycles. The molecule has 3 aromatic rings. The van der Waals surface area contributed by atoms with Crippen LogP contribution in [0.2, 0.25) is 0 Å². The first-order valence-corrected chi connectivity index (χ1v) is 9.83. The van der Waals surface area contributed by atoms with Gasteiger partial charge in [-0.3, -0.25) is 0 Å². The van der Waals surface area contributed by atoms with Crippen molar-refractivity contribution in [2.75, 3.05) is 20.3 Å². The van der Waals surface area contributed by atoms with E-state index in [1.54, 1.807) is 37.4 Å². The maximum Gasteiger partial charge on any atom is 0.338 e. The lowest BCUT2D eigenvalue weighted by Crippen LogP contribution is -2.16. The molecule has 0 spiro atoms. The average Bonchev–Trinajstić information content (AvgIpc) is 3.49. The maximum absolute atomic E-state index is 12.3. The van der Waals surface area contributed by atoms with Gasteiger partial charge in [0.1, 0.15) is 23.8 Å². The Morgan fingerprint density at radius 2 is 1.87 bits per heavy atom. The molecule has 7 heteroatoms. The summed E-state index contributed by atoms with van der Waals surface area (Å²) in [6, 6.07) is 16.1. The predicted octanol–water partition coefficient (Wildman–Crippen LogP) is 4.27. The molecule has 4 rings (SSSR count). The SMILES string of the molecule is COc1ccc(-c2cc(COC(=O)c3ccc(OCC4CCCO4)cc3)on2)cc1. The van der Waals surface area contributed by atoms with E-state index in [9.17, 15) is 4.79 Å². The van der Waals surface area contributed by atoms with Crippen LogP contribution in [0.3, 0.4) is 0 Å². The Bertz CT molecular complexity index is 958. The quantitative estimate of drug-likeness (QED) is 0.514. The van der Waals surface area contributed by atoms with Crippen LogP contribution >= 0.6 is 0 Å². The number of hydrogen-bond acceptors (Lipinski definition) is 7. The van der Waals surface area contributed by atoms with Crippen LogP contribution in [0.25, 0.3) is 11.3 Å². The zero-order valence-electron chi connectivity index (χ0n) is 16.7. The Morgan fingerprint density at radius 1 is 1.10 bits per heavy atom. The number of esters is 1. The van der Waals surface area contributed by atoms with Crippen molar-refractivity contribution in [3.8, 4) is 22.8 Å². The summed E-state index contributed by atoms with van der Waals surface area (Å²) >= 11 is 0. The minimum absolute atomic E-state index is 0.000736. The summed E-state index contributed by atoms with van der Waals surface area (Å²) in [5.41, 5.74) is 1.99. The summed E-state index contributed by atoms with van der Waals surface area (Å²) in [6.07, 6.45) is 2.25. The van der Waals surface area contributed by atoms with Gasteiger partial charge in [-0.2, -0.15) is 0 Å². The van der Waals surface area contributed by atoms with Gasteiger partial charge in [0.15, 0.2) is 12.4 Å². The van der Waals surface area contributed by atoms with Gasteiger partial charge in [0.2, 0.25) is 0 Å². The summed E-state index contributed by atoms with van der Waals surface area (Å²) in [5.74, 6) is 1.48. The van der Waals surface area contributed by atoms with Crippen molar-refractivity contribution >= 4 is 5.97 Å². The van der Waals surface area contributed by atoms with Gasteiger partial charge in [0.05, 0.1) is 18.8 Å². The lowest BCUT2D eigenvalue weighted by atomic mass is 10.1. The van der Waals surface area contributed by atoms with Crippen LogP contribution in [-0.4, -0.2) is 37.6 Å². The largest absolute Gasteiger partial charge is 0.497 e. The van der Waals surface area contributed by atoms with E-state index in [0.29, 0.717) is 29.4 Å². The molecule has 0 amide bonds. The van der Waals surface area contributed by atoms with Crippen LogP contribution in [0.5, 0.6) is 11.5 Å². The molecule has 0 saturated carbocycles. The fourth-order valence-electron chi connectivity index (χ4n) is 3.15. The molecule has 1 aromatic heterocycles. The second-order valence-corrected chi connectivity index (χ2v) is 6.95. The van der Waals surface area contributed by atoms with Gasteiger partial charge in [-0.25, -0.2) is 4.79 Å². The highest BCUT2D eigenvalue weighted by atomic mass is 16.6. The molecule has 2 aromatic carbocycles. The molecular weight excluding hydrogens is 386 g/mol. The third-order valence-corrected chi connectivity index (χ3v) is 4.84. The first-order chi connectivity index (χ1) is 14.7. The van der Waals surface area contributed by atoms with E-state index in [1.165, 1.54) is 0 Å². The molecule has 1 aliphatic heterocycles. The number of nitrogens with zero attached hydrogens (tertiary/aromatic N) is 1. The summed E-state index contributed by atoms with van der Waals surface area (Å²) in [5, 5.41) is 4.02. The Morgan fingerprint density at radius 3 is 2.57 bits per heavy atom. The molecule has 1 saturated heterocycles. The molecule has 1 aliphatic rings. The highest BCUT2D eigenvalue weighted by Gasteiger charge is 2.16. The number of methoxy groups -OCH3 is 1. The summed E-state index contributed by atoms with van der Waals surface area (Å²) < 4.78 is 27.0. The standard InChI is InChI=1S/C23H23NO6/c1-26-18-8-4-16(5-9-18)22-13-21(30-24-22)15-29-23(25)17-6-10-19(11-7-17)28-14-20-3-2-12-27-20/h4-11,13,20H,2-3,12,14-15H2,1H3. The van der Waals surface area contributed by atoms with E-state index in [2.05, 4.69) is 5.16 Å². The molecule has 1 atom stereocenters. The first kappa shape index (κ1) is 20.0. The average molecular weight is 409 g/mol. The Kier molecular flexibility index (Phi) is 6.29. The van der Waals surface area contributed by atoms with Gasteiger partial charge >= 0.3 is 5.97 Å². The summed E-state index contributed by atoms with van der Waals surface area (Å²) in [6.45, 7) is 1.32. The molecule has 7 nitrogen and oxygen atoms in total. The summed E-state index contributed by atoms with van der Waals surface area (Å²) in [7, 11) is 1.61. The lowest BCUT2D eigenvalue weighted by molar-refractivity contribution is 0.0437. The van der Waals surface area contributed by atoms with Crippen LogP contribution in [0.1, 0.15) is 29.0 Å². The zero-order chi connectivity index (χ0) is 20.8. The molecule has 1 unspecified atom stereocenters. The Labute approximate surface area is 174 Å². The van der Waals surface area contributed by atoms with Gasteiger partial charge in [-0.15, -0.1) is 0 Å². The van der Waals surface area contributed by atoms with Gasteiger partial charge in [-0.1, -0.05) is 5.16 Å². The number of hydrogen-bond donors (Lipinski definition) is 0. The molecule has 1 fully saturated rings. The van der Waals surface area contributed by atoms with Crippen molar-refractivity contribution in [2.24, 2.45) is 0 Å². The molecule has 156 valence electrons. The van der Waals surface area contributed by atoms with Crippen molar-refractivity contribution in [2.45, 2.75) is 25.6 Å². The van der Waals surface area contributed by atoms with Crippen LogP contribution < -0.4 is 9.47 Å². The first-order valence-electron chi connectivity index (χ1n) is 9.83. The number of ether oxygens (including phenoxy) is 4. The smallest absolute Gasteiger partial charge is 0.338 e. The third-order valence-electron chi connectivity index (χ3n) is 4.84. The van der Waals surface area contributed by atoms with Crippen molar-refractivity contribution < 1.29 is 28.3 Å². The Balaban J connectivity index is 1.28. The van der Waals surface area contributed by atoms with Crippen LogP contribution in [0.15, 0.2) is 59.1 Å². The second kappa shape index (κ2) is 9.45. The summed E-state index contributed by atoms with van der Waals surface area (Å²) in [4.78, 5) is 12.3. The molecule has 0 radical (unpaired) electrons. The third kappa shape index (κ3) is 4.99. The molecule has 0 bridgehead atoms. The van der Waals surface area contributed by atoms with E-state index < -0.39 is 5.97 Å². The molecule has 2 heterocycles. The molecule has 0 N–H and O–H groups in total. The maximum atomic E-state index is 12.3. The van der Waals surface area contributed by atoms with Gasteiger partial charge in [0, 0.05) is 18.2 Å². The van der Waals surface area contributed by atoms with Crippen molar-refractivity contribution in [1.29, 1.82) is 0 Å². The van der Waals surface area contributed by atoms with Gasteiger partial charge in [-0.05, 0) is 61.4 Å². The van der Waals surface area contributed by atoms with E-state index in [4.69, 9.17) is 23.5 Å². The van der Waals surface area contributed by atoms with E-state index in [0.717, 1.165) is 30.8 Å². The van der Waals surface area contributed by atoms with Crippen molar-refractivity contribution in [3.05, 3.63) is 65.9 Å². The number of benzene rings is 2. The van der Waals surface area contributed by atoms with Crippen LogP contribution in [0.4, 0.5) is 0 Å². The lowest BCUT2D eigenvalue weighted by Gasteiger charge is -2.11. The topological polar surface area (TPSA) is 80.0 Å². The zero-order valence-corrected chi connectivity index (χ0v) is 16.7. The fourth-order valence-corrected chi connectivity index (χ4v) is 3.15. The normalized spacial score (nSPS) is 15.7. The van der Waals surface area contributed by atoms with Gasteiger partial charge < -0.3 is 23.5 Å². The number of carbonyl (C=O) groups is 1. The van der Waals surface area contributed by atoms with Crippen molar-refractivity contribution in [3.63, 3.8) is 0 Å². The van der Waals surface area contributed by atoms with E-state index in [-0.39, 0.29) is 12.7 Å². The number of carbonyl (C=O) groups excluding carboxylic acids is 1. The van der Waals surface area contributed by atoms with Gasteiger partial charge in [0.25, 0.3) is 0 Å². The number of rotatable bonds is 8. The molecule has 30 heavy (non-hydrogen) atoms. The fraction of sp³-hybridized carbons (Fsp3) is 0.304. The highest BCUT2D eigenvalue weighted by molar-refractivity contribution is 5.89. The minimum atomic E-state index is -0.442. The van der Waals surface area contributed by atoms with Crippen LogP contribution in [0, 0.1) is 0 Å². The predicted molar refractivity (Wildman–Crippen MR) is 109 cm³/mol. The molecular formula is C23H23NO6. The minimum Gasteiger partial charge on any atom is -0.497 e. The van der Waals surface area contributed by atoms with Crippen molar-refractivity contribution in [1.82, 2.24) is 5.16 Å².